The Morgan fingerprint density at radius 1 is 1.04 bits per heavy atom. The Balaban J connectivity index is 1.50. The minimum atomic E-state index is -0.386. The molecule has 4 nitrogen and oxygen atoms in total. The average molecular weight is 364 g/mol. The fraction of sp³-hybridized carbons (Fsp3) is 0.478. The maximum Gasteiger partial charge on any atom is 0.230 e. The van der Waals surface area contributed by atoms with Crippen LogP contribution in [0, 0.1) is 5.92 Å². The van der Waals surface area contributed by atoms with Crippen molar-refractivity contribution in [1.82, 2.24) is 10.3 Å². The number of hydrogen-bond donors (Lipinski definition) is 1. The zero-order valence-corrected chi connectivity index (χ0v) is 15.8. The van der Waals surface area contributed by atoms with E-state index < -0.39 is 0 Å². The van der Waals surface area contributed by atoms with E-state index in [1.807, 2.05) is 42.7 Å². The molecule has 4 rings (SSSR count). The van der Waals surface area contributed by atoms with Crippen molar-refractivity contribution in [1.29, 1.82) is 0 Å². The number of hydrogen-bond acceptors (Lipinski definition) is 3. The second-order valence-electron chi connectivity index (χ2n) is 7.95. The van der Waals surface area contributed by atoms with Gasteiger partial charge in [0, 0.05) is 18.3 Å². The predicted molar refractivity (Wildman–Crippen MR) is 105 cm³/mol. The molecule has 142 valence electrons. The molecular formula is C23H28N2O2. The molecule has 0 unspecified atom stereocenters. The van der Waals surface area contributed by atoms with Crippen LogP contribution in [0.25, 0.3) is 0 Å². The van der Waals surface area contributed by atoms with Gasteiger partial charge in [0.15, 0.2) is 0 Å². The maximum absolute atomic E-state index is 13.5. The Kier molecular flexibility index (Phi) is 5.53. The highest BCUT2D eigenvalue weighted by molar-refractivity contribution is 5.88. The summed E-state index contributed by atoms with van der Waals surface area (Å²) in [5, 5.41) is 3.38. The van der Waals surface area contributed by atoms with Gasteiger partial charge >= 0.3 is 0 Å². The van der Waals surface area contributed by atoms with E-state index in [0.717, 1.165) is 37.7 Å². The molecule has 4 heteroatoms. The lowest BCUT2D eigenvalue weighted by atomic mass is 9.68. The molecule has 2 aromatic rings. The van der Waals surface area contributed by atoms with Crippen molar-refractivity contribution >= 4 is 5.91 Å². The van der Waals surface area contributed by atoms with Gasteiger partial charge in [-0.3, -0.25) is 9.78 Å². The Morgan fingerprint density at radius 2 is 1.78 bits per heavy atom. The van der Waals surface area contributed by atoms with Crippen LogP contribution in [0.15, 0.2) is 54.9 Å². The average Bonchev–Trinajstić information content (AvgIpc) is 3.16. The Hall–Kier alpha value is -2.20. The minimum Gasteiger partial charge on any atom is -0.379 e. The fourth-order valence-corrected chi connectivity index (χ4v) is 4.65. The van der Waals surface area contributed by atoms with Crippen molar-refractivity contribution < 1.29 is 9.53 Å². The second-order valence-corrected chi connectivity index (χ2v) is 7.95. The third kappa shape index (κ3) is 3.91. The number of nitrogens with one attached hydrogen (secondary N) is 1. The number of carbonyl (C=O) groups excluding carboxylic acids is 1. The summed E-state index contributed by atoms with van der Waals surface area (Å²) in [4.78, 5) is 17.6. The largest absolute Gasteiger partial charge is 0.379 e. The summed E-state index contributed by atoms with van der Waals surface area (Å²) >= 11 is 0. The first-order valence-electron chi connectivity index (χ1n) is 10.1. The van der Waals surface area contributed by atoms with E-state index in [0.29, 0.717) is 19.1 Å². The van der Waals surface area contributed by atoms with Gasteiger partial charge in [-0.05, 0) is 42.5 Å². The van der Waals surface area contributed by atoms with E-state index in [4.69, 9.17) is 4.74 Å². The highest BCUT2D eigenvalue weighted by atomic mass is 16.5. The van der Waals surface area contributed by atoms with E-state index in [1.165, 1.54) is 12.0 Å². The summed E-state index contributed by atoms with van der Waals surface area (Å²) in [6.07, 6.45) is 9.88. The van der Waals surface area contributed by atoms with Gasteiger partial charge in [-0.2, -0.15) is 0 Å². The summed E-state index contributed by atoms with van der Waals surface area (Å²) in [7, 11) is 0. The van der Waals surface area contributed by atoms with E-state index in [2.05, 4.69) is 22.4 Å². The van der Waals surface area contributed by atoms with Crippen LogP contribution in [-0.4, -0.2) is 30.1 Å². The number of ether oxygens (including phenoxy) is 1. The SMILES string of the molecule is O=C(N[C@H]1COC[C@H]1Cc1ccncc1)C1(c2ccccc2)CCCCC1. The molecule has 1 saturated carbocycles. The first-order chi connectivity index (χ1) is 13.3. The maximum atomic E-state index is 13.5. The van der Waals surface area contributed by atoms with Crippen molar-refractivity contribution in [2.75, 3.05) is 13.2 Å². The van der Waals surface area contributed by atoms with Crippen LogP contribution < -0.4 is 5.32 Å². The molecule has 2 fully saturated rings. The third-order valence-electron chi connectivity index (χ3n) is 6.23. The number of carbonyl (C=O) groups is 1. The molecule has 2 atom stereocenters. The third-order valence-corrected chi connectivity index (χ3v) is 6.23. The molecule has 1 aromatic heterocycles. The van der Waals surface area contributed by atoms with Gasteiger partial charge in [0.2, 0.25) is 5.91 Å². The zero-order chi connectivity index (χ0) is 18.5. The van der Waals surface area contributed by atoms with Crippen molar-refractivity contribution in [3.63, 3.8) is 0 Å². The molecule has 2 heterocycles. The molecule has 2 aliphatic rings. The van der Waals surface area contributed by atoms with Crippen LogP contribution in [0.1, 0.15) is 43.2 Å². The monoisotopic (exact) mass is 364 g/mol. The number of amides is 1. The topological polar surface area (TPSA) is 51.2 Å². The molecule has 1 amide bonds. The molecule has 1 saturated heterocycles. The molecule has 1 N–H and O–H groups in total. The van der Waals surface area contributed by atoms with Crippen LogP contribution in [0.4, 0.5) is 0 Å². The van der Waals surface area contributed by atoms with E-state index in [9.17, 15) is 4.79 Å². The summed E-state index contributed by atoms with van der Waals surface area (Å²) in [5.41, 5.74) is 2.02. The van der Waals surface area contributed by atoms with Gasteiger partial charge in [-0.15, -0.1) is 0 Å². The molecule has 1 aliphatic carbocycles. The normalized spacial score (nSPS) is 24.4. The standard InChI is InChI=1S/C23H28N2O2/c26-22(23(11-5-2-6-12-23)20-7-3-1-4-8-20)25-21-17-27-16-19(21)15-18-9-13-24-14-10-18/h1,3-4,7-10,13-14,19,21H,2,5-6,11-12,15-17H2,(H,25,26)/t19-,21+/m1/s1. The molecular weight excluding hydrogens is 336 g/mol. The smallest absolute Gasteiger partial charge is 0.230 e. The van der Waals surface area contributed by atoms with Crippen LogP contribution in [0.3, 0.4) is 0 Å². The van der Waals surface area contributed by atoms with Crippen molar-refractivity contribution in [2.45, 2.75) is 50.0 Å². The lowest BCUT2D eigenvalue weighted by Gasteiger charge is -2.37. The van der Waals surface area contributed by atoms with Gasteiger partial charge in [0.25, 0.3) is 0 Å². The van der Waals surface area contributed by atoms with Crippen LogP contribution >= 0.6 is 0 Å². The number of nitrogens with zero attached hydrogens (tertiary/aromatic N) is 1. The number of benzene rings is 1. The van der Waals surface area contributed by atoms with E-state index in [1.54, 1.807) is 0 Å². The molecule has 0 bridgehead atoms. The summed E-state index contributed by atoms with van der Waals surface area (Å²) in [6.45, 7) is 1.30. The van der Waals surface area contributed by atoms with Gasteiger partial charge in [0.1, 0.15) is 0 Å². The highest BCUT2D eigenvalue weighted by Crippen LogP contribution is 2.40. The van der Waals surface area contributed by atoms with Crippen molar-refractivity contribution in [3.05, 3.63) is 66.0 Å². The molecule has 1 aromatic carbocycles. The lowest BCUT2D eigenvalue weighted by molar-refractivity contribution is -0.129. The number of aromatic nitrogens is 1. The molecule has 27 heavy (non-hydrogen) atoms. The number of rotatable bonds is 5. The number of pyridine rings is 1. The first kappa shape index (κ1) is 18.2. The van der Waals surface area contributed by atoms with Gasteiger partial charge < -0.3 is 10.1 Å². The zero-order valence-electron chi connectivity index (χ0n) is 15.8. The Morgan fingerprint density at radius 3 is 2.52 bits per heavy atom. The van der Waals surface area contributed by atoms with Crippen LogP contribution in [0.2, 0.25) is 0 Å². The predicted octanol–water partition coefficient (Wildman–Crippen LogP) is 3.66. The summed E-state index contributed by atoms with van der Waals surface area (Å²) < 4.78 is 5.74. The summed E-state index contributed by atoms with van der Waals surface area (Å²) in [6, 6.07) is 14.5. The quantitative estimate of drug-likeness (QED) is 0.881. The Bertz CT molecular complexity index is 741. The van der Waals surface area contributed by atoms with E-state index in [-0.39, 0.29) is 17.4 Å². The Labute approximate surface area is 161 Å². The van der Waals surface area contributed by atoms with Crippen LogP contribution in [-0.2, 0) is 21.4 Å². The second kappa shape index (κ2) is 8.22. The molecule has 1 aliphatic heterocycles. The highest BCUT2D eigenvalue weighted by Gasteiger charge is 2.43. The summed E-state index contributed by atoms with van der Waals surface area (Å²) in [5.74, 6) is 0.497. The fourth-order valence-electron chi connectivity index (χ4n) is 4.65. The lowest BCUT2D eigenvalue weighted by Crippen LogP contribution is -2.51. The van der Waals surface area contributed by atoms with Crippen LogP contribution in [0.5, 0.6) is 0 Å². The van der Waals surface area contributed by atoms with Gasteiger partial charge in [-0.1, -0.05) is 49.6 Å². The first-order valence-corrected chi connectivity index (χ1v) is 10.1. The van der Waals surface area contributed by atoms with Gasteiger partial charge in [-0.25, -0.2) is 0 Å². The van der Waals surface area contributed by atoms with Crippen molar-refractivity contribution in [3.8, 4) is 0 Å². The van der Waals surface area contributed by atoms with Crippen molar-refractivity contribution in [2.24, 2.45) is 5.92 Å². The molecule has 0 spiro atoms. The minimum absolute atomic E-state index is 0.0770. The van der Waals surface area contributed by atoms with E-state index >= 15 is 0 Å². The van der Waals surface area contributed by atoms with Gasteiger partial charge in [0.05, 0.1) is 24.7 Å². The molecule has 0 radical (unpaired) electrons.